The molecule has 0 saturated carbocycles. The number of hydrogen-bond acceptors (Lipinski definition) is 11. The number of aryl methyl sites for hydroxylation is 4. The number of nitrogens with one attached hydrogen (secondary N) is 4. The Morgan fingerprint density at radius 2 is 1.68 bits per heavy atom. The number of pyridine rings is 1. The van der Waals surface area contributed by atoms with Crippen molar-refractivity contribution in [3.8, 4) is 11.4 Å². The first kappa shape index (κ1) is 48.8. The Balaban J connectivity index is 0.773. The van der Waals surface area contributed by atoms with Gasteiger partial charge in [-0.15, -0.1) is 5.10 Å². The number of aromatic nitrogens is 4. The number of unbranched alkanes of at least 4 members (excludes halogenated alkanes) is 2. The van der Waals surface area contributed by atoms with Gasteiger partial charge in [0, 0.05) is 79.9 Å². The molecule has 68 heavy (non-hydrogen) atoms. The largest absolute Gasteiger partial charge is 0.487 e. The molecule has 1 atom stereocenters. The standard InChI is InChI=1S/C48H50BrF2N9O8/c1-28-13-14-30(24-38(28)59-29(2)23-39(43(49)48(59)67)68-27-31-15-16-32(50)25-35(31)51)44(63)54-21-4-3-9-33-26-58(57-56-33)22-8-12-40(61)53-20-6-5-19-52-36-11-7-10-34-42(36)47(66)60(46(34)65)37-17-18-41(62)55-45(37)64/h7,10-11,13-16,23-26,37,52H,3-6,8-9,12,17-22,27H2,1-2H3,(H,53,61)(H,54,63)(H,55,62,64). The lowest BCUT2D eigenvalue weighted by Crippen LogP contribution is -2.54. The normalized spacial score (nSPS) is 14.5. The minimum absolute atomic E-state index is 0.0447. The number of carbonyl (C=O) groups excluding carboxylic acids is 6. The summed E-state index contributed by atoms with van der Waals surface area (Å²) in [5.41, 5.74) is 3.55. The van der Waals surface area contributed by atoms with Crippen LogP contribution in [0.3, 0.4) is 0 Å². The third-order valence-electron chi connectivity index (χ3n) is 11.6. The van der Waals surface area contributed by atoms with Gasteiger partial charge < -0.3 is 20.7 Å². The van der Waals surface area contributed by atoms with Crippen molar-refractivity contribution in [3.63, 3.8) is 0 Å². The maximum Gasteiger partial charge on any atom is 0.273 e. The zero-order chi connectivity index (χ0) is 48.5. The summed E-state index contributed by atoms with van der Waals surface area (Å²) in [6, 6.07) is 13.8. The van der Waals surface area contributed by atoms with Gasteiger partial charge in [0.2, 0.25) is 17.7 Å². The van der Waals surface area contributed by atoms with Crippen LogP contribution in [0.2, 0.25) is 0 Å². The van der Waals surface area contributed by atoms with Crippen molar-refractivity contribution in [3.05, 3.63) is 133 Å². The van der Waals surface area contributed by atoms with Crippen molar-refractivity contribution in [1.29, 1.82) is 0 Å². The Hall–Kier alpha value is -7.09. The molecule has 1 unspecified atom stereocenters. The van der Waals surface area contributed by atoms with Gasteiger partial charge in [0.05, 0.1) is 22.5 Å². The molecule has 2 aromatic heterocycles. The summed E-state index contributed by atoms with van der Waals surface area (Å²) >= 11 is 3.32. The smallest absolute Gasteiger partial charge is 0.273 e. The van der Waals surface area contributed by atoms with E-state index in [4.69, 9.17) is 4.74 Å². The topological polar surface area (TPSA) is 216 Å². The molecule has 1 saturated heterocycles. The Morgan fingerprint density at radius 3 is 2.47 bits per heavy atom. The van der Waals surface area contributed by atoms with Gasteiger partial charge >= 0.3 is 0 Å². The van der Waals surface area contributed by atoms with E-state index in [0.29, 0.717) is 87.3 Å². The second-order valence-corrected chi connectivity index (χ2v) is 17.4. The Bertz CT molecular complexity index is 2830. The predicted molar refractivity (Wildman–Crippen MR) is 248 cm³/mol. The van der Waals surface area contributed by atoms with E-state index < -0.39 is 46.9 Å². The molecule has 17 nitrogen and oxygen atoms in total. The average molecular weight is 999 g/mol. The van der Waals surface area contributed by atoms with Crippen LogP contribution >= 0.6 is 15.9 Å². The molecule has 0 spiro atoms. The fourth-order valence-corrected chi connectivity index (χ4v) is 8.43. The number of benzene rings is 3. The van der Waals surface area contributed by atoms with E-state index in [1.807, 2.05) is 13.1 Å². The highest BCUT2D eigenvalue weighted by Gasteiger charge is 2.45. The minimum atomic E-state index is -1.04. The zero-order valence-corrected chi connectivity index (χ0v) is 39.0. The zero-order valence-electron chi connectivity index (χ0n) is 37.5. The van der Waals surface area contributed by atoms with Crippen LogP contribution in [-0.2, 0) is 34.0 Å². The summed E-state index contributed by atoms with van der Waals surface area (Å²) in [4.78, 5) is 90.5. The van der Waals surface area contributed by atoms with Crippen LogP contribution in [0.1, 0.15) is 105 Å². The maximum atomic E-state index is 14.2. The number of fused-ring (bicyclic) bond motifs is 1. The molecule has 20 heteroatoms. The second-order valence-electron chi connectivity index (χ2n) is 16.6. The number of nitrogens with zero attached hydrogens (tertiary/aromatic N) is 5. The highest BCUT2D eigenvalue weighted by Crippen LogP contribution is 2.33. The van der Waals surface area contributed by atoms with Crippen LogP contribution in [0.5, 0.6) is 5.75 Å². The number of piperidine rings is 1. The highest BCUT2D eigenvalue weighted by atomic mass is 79.9. The molecule has 4 heterocycles. The summed E-state index contributed by atoms with van der Waals surface area (Å²) in [5, 5.41) is 19.7. The Morgan fingerprint density at radius 1 is 0.897 bits per heavy atom. The Kier molecular flexibility index (Phi) is 15.9. The summed E-state index contributed by atoms with van der Waals surface area (Å²) < 4.78 is 36.5. The van der Waals surface area contributed by atoms with Crippen molar-refractivity contribution in [2.45, 2.75) is 90.8 Å². The third kappa shape index (κ3) is 11.5. The molecular formula is C48H50BrF2N9O8. The van der Waals surface area contributed by atoms with Crippen LogP contribution in [-0.4, -0.2) is 85.6 Å². The van der Waals surface area contributed by atoms with E-state index in [1.165, 1.54) is 10.6 Å². The van der Waals surface area contributed by atoms with Gasteiger partial charge in [-0.25, -0.2) is 8.78 Å². The van der Waals surface area contributed by atoms with Crippen molar-refractivity contribution in [2.75, 3.05) is 25.0 Å². The number of amides is 6. The lowest BCUT2D eigenvalue weighted by molar-refractivity contribution is -0.136. The molecular weight excluding hydrogens is 948 g/mol. The fraction of sp³-hybridized carbons (Fsp3) is 0.354. The number of anilines is 1. The fourth-order valence-electron chi connectivity index (χ4n) is 8.02. The highest BCUT2D eigenvalue weighted by molar-refractivity contribution is 9.10. The first-order chi connectivity index (χ1) is 32.7. The van der Waals surface area contributed by atoms with E-state index in [-0.39, 0.29) is 58.2 Å². The summed E-state index contributed by atoms with van der Waals surface area (Å²) in [7, 11) is 0. The minimum Gasteiger partial charge on any atom is -0.487 e. The molecule has 7 rings (SSSR count). The first-order valence-corrected chi connectivity index (χ1v) is 23.1. The molecule has 1 fully saturated rings. The molecule has 0 radical (unpaired) electrons. The van der Waals surface area contributed by atoms with Gasteiger partial charge in [-0.3, -0.25) is 53.0 Å². The summed E-state index contributed by atoms with van der Waals surface area (Å²) in [6.45, 7) is 5.21. The van der Waals surface area contributed by atoms with Gasteiger partial charge in [0.1, 0.15) is 34.5 Å². The molecule has 5 aromatic rings. The lowest BCUT2D eigenvalue weighted by atomic mass is 10.0. The van der Waals surface area contributed by atoms with Gasteiger partial charge in [0.25, 0.3) is 23.3 Å². The number of ether oxygens (including phenoxy) is 1. The summed E-state index contributed by atoms with van der Waals surface area (Å²) in [5.74, 6) is -3.88. The first-order valence-electron chi connectivity index (χ1n) is 22.3. The van der Waals surface area contributed by atoms with E-state index in [2.05, 4.69) is 47.5 Å². The molecule has 3 aromatic carbocycles. The second kappa shape index (κ2) is 22.1. The van der Waals surface area contributed by atoms with E-state index in [1.54, 1.807) is 54.1 Å². The number of halogens is 3. The number of imide groups is 2. The molecule has 6 amide bonds. The van der Waals surface area contributed by atoms with E-state index >= 15 is 0 Å². The van der Waals surface area contributed by atoms with Crippen LogP contribution in [0.15, 0.2) is 76.1 Å². The van der Waals surface area contributed by atoms with Gasteiger partial charge in [-0.1, -0.05) is 17.3 Å². The van der Waals surface area contributed by atoms with Crippen molar-refractivity contribution in [1.82, 2.24) is 40.4 Å². The number of hydrogen-bond donors (Lipinski definition) is 4. The monoisotopic (exact) mass is 997 g/mol. The molecule has 356 valence electrons. The quantitative estimate of drug-likeness (QED) is 0.0524. The van der Waals surface area contributed by atoms with Gasteiger partial charge in [-0.05, 0) is 117 Å². The van der Waals surface area contributed by atoms with E-state index in [0.717, 1.165) is 34.7 Å². The lowest BCUT2D eigenvalue weighted by Gasteiger charge is -2.27. The maximum absolute atomic E-state index is 14.2. The number of carbonyl (C=O) groups is 6. The predicted octanol–water partition coefficient (Wildman–Crippen LogP) is 5.61. The molecule has 0 bridgehead atoms. The van der Waals surface area contributed by atoms with Crippen LogP contribution < -0.4 is 31.6 Å². The molecule has 2 aliphatic heterocycles. The Labute approximate surface area is 398 Å². The van der Waals surface area contributed by atoms with Crippen LogP contribution in [0, 0.1) is 25.5 Å². The van der Waals surface area contributed by atoms with Gasteiger partial charge in [0.15, 0.2) is 0 Å². The molecule has 2 aliphatic rings. The van der Waals surface area contributed by atoms with Crippen LogP contribution in [0.25, 0.3) is 5.69 Å². The summed E-state index contributed by atoms with van der Waals surface area (Å²) in [6.07, 6.45) is 6.28. The van der Waals surface area contributed by atoms with Crippen molar-refractivity contribution >= 4 is 57.1 Å². The van der Waals surface area contributed by atoms with E-state index in [9.17, 15) is 42.3 Å². The van der Waals surface area contributed by atoms with Crippen LogP contribution in [0.4, 0.5) is 14.5 Å². The third-order valence-corrected chi connectivity index (χ3v) is 12.4. The van der Waals surface area contributed by atoms with Crippen molar-refractivity contribution in [2.24, 2.45) is 0 Å². The van der Waals surface area contributed by atoms with Gasteiger partial charge in [-0.2, -0.15) is 0 Å². The van der Waals surface area contributed by atoms with Crippen molar-refractivity contribution < 1.29 is 42.3 Å². The molecule has 0 aliphatic carbocycles. The molecule has 4 N–H and O–H groups in total. The SMILES string of the molecule is Cc1ccc(C(=O)NCCCCc2cn(CCCC(=O)NCCCCNc3cccc4c3C(=O)N(C3CCC(=O)NC3=O)C4=O)nn2)cc1-n1c(C)cc(OCc2ccc(F)cc2F)c(Br)c1=O. The number of rotatable bonds is 21. The average Bonchev–Trinajstić information content (AvgIpc) is 3.87.